The summed E-state index contributed by atoms with van der Waals surface area (Å²) in [5.74, 6) is 0.799. The largest absolute Gasteiger partial charge is 0.385 e. The molecule has 1 aromatic rings. The Bertz CT molecular complexity index is 297. The number of aromatic nitrogens is 1. The summed E-state index contributed by atoms with van der Waals surface area (Å²) in [6, 6.07) is 4.14. The predicted molar refractivity (Wildman–Crippen MR) is 70.8 cm³/mol. The fraction of sp³-hybridized carbons (Fsp3) is 0.643. The molecule has 0 saturated carbocycles. The van der Waals surface area contributed by atoms with Gasteiger partial charge in [0.15, 0.2) is 0 Å². The molecule has 0 aromatic carbocycles. The highest BCUT2D eigenvalue weighted by atomic mass is 14.9. The highest BCUT2D eigenvalue weighted by molar-refractivity contribution is 5.42. The summed E-state index contributed by atoms with van der Waals surface area (Å²) in [5, 5.41) is 3.51. The highest BCUT2D eigenvalue weighted by Crippen LogP contribution is 2.14. The van der Waals surface area contributed by atoms with Crippen LogP contribution in [0.15, 0.2) is 18.3 Å². The molecule has 1 aromatic heterocycles. The van der Waals surface area contributed by atoms with Crippen molar-refractivity contribution >= 4 is 5.69 Å². The fourth-order valence-corrected chi connectivity index (χ4v) is 1.86. The van der Waals surface area contributed by atoms with Gasteiger partial charge in [0.05, 0.1) is 0 Å². The molecule has 16 heavy (non-hydrogen) atoms. The molecule has 90 valence electrons. The van der Waals surface area contributed by atoms with Crippen LogP contribution < -0.4 is 5.32 Å². The summed E-state index contributed by atoms with van der Waals surface area (Å²) in [4.78, 5) is 4.20. The predicted octanol–water partition coefficient (Wildman–Crippen LogP) is 4.02. The zero-order chi connectivity index (χ0) is 11.8. The van der Waals surface area contributed by atoms with Crippen LogP contribution in [0.3, 0.4) is 0 Å². The molecule has 2 heteroatoms. The number of hydrogen-bond acceptors (Lipinski definition) is 2. The van der Waals surface area contributed by atoms with E-state index in [4.69, 9.17) is 0 Å². The van der Waals surface area contributed by atoms with Crippen LogP contribution in [0.1, 0.15) is 45.2 Å². The lowest BCUT2D eigenvalue weighted by molar-refractivity contribution is 0.473. The van der Waals surface area contributed by atoms with Crippen LogP contribution in [0.5, 0.6) is 0 Å². The van der Waals surface area contributed by atoms with E-state index < -0.39 is 0 Å². The molecule has 0 aliphatic carbocycles. The molecule has 2 nitrogen and oxygen atoms in total. The molecule has 1 unspecified atom stereocenters. The molecule has 0 spiro atoms. The summed E-state index contributed by atoms with van der Waals surface area (Å²) in [7, 11) is 0. The topological polar surface area (TPSA) is 24.9 Å². The second-order valence-electron chi connectivity index (χ2n) is 4.48. The Morgan fingerprint density at radius 2 is 2.19 bits per heavy atom. The van der Waals surface area contributed by atoms with Gasteiger partial charge in [0.2, 0.25) is 0 Å². The first-order valence-electron chi connectivity index (χ1n) is 6.42. The zero-order valence-electron chi connectivity index (χ0n) is 10.8. The lowest BCUT2D eigenvalue weighted by Crippen LogP contribution is -2.13. The molecular weight excluding hydrogens is 196 g/mol. The van der Waals surface area contributed by atoms with Crippen molar-refractivity contribution in [1.82, 2.24) is 4.98 Å². The number of nitrogens with one attached hydrogen (secondary N) is 1. The Balaban J connectivity index is 2.37. The van der Waals surface area contributed by atoms with Crippen LogP contribution in [0, 0.1) is 12.8 Å². The van der Waals surface area contributed by atoms with Gasteiger partial charge in [-0.1, -0.05) is 33.1 Å². The quantitative estimate of drug-likeness (QED) is 0.750. The van der Waals surface area contributed by atoms with Gasteiger partial charge in [-0.25, -0.2) is 0 Å². The van der Waals surface area contributed by atoms with Crippen LogP contribution in [0.4, 0.5) is 5.69 Å². The van der Waals surface area contributed by atoms with Crippen molar-refractivity contribution in [1.29, 1.82) is 0 Å². The van der Waals surface area contributed by atoms with E-state index in [9.17, 15) is 0 Å². The van der Waals surface area contributed by atoms with Crippen LogP contribution in [-0.4, -0.2) is 11.5 Å². The number of aryl methyl sites for hydroxylation is 1. The first kappa shape index (κ1) is 13.0. The minimum Gasteiger partial charge on any atom is -0.385 e. The van der Waals surface area contributed by atoms with Gasteiger partial charge < -0.3 is 5.32 Å². The smallest absolute Gasteiger partial charge is 0.0393 e. The first-order chi connectivity index (χ1) is 7.76. The average molecular weight is 220 g/mol. The van der Waals surface area contributed by atoms with Crippen LogP contribution in [-0.2, 0) is 0 Å². The lowest BCUT2D eigenvalue weighted by Gasteiger charge is -2.16. The number of anilines is 1. The molecule has 1 atom stereocenters. The van der Waals surface area contributed by atoms with E-state index in [0.717, 1.165) is 18.2 Å². The van der Waals surface area contributed by atoms with E-state index in [0.29, 0.717) is 0 Å². The molecule has 1 rings (SSSR count). The maximum atomic E-state index is 4.20. The summed E-state index contributed by atoms with van der Waals surface area (Å²) in [6.45, 7) is 7.64. The number of hydrogen-bond donors (Lipinski definition) is 1. The van der Waals surface area contributed by atoms with Crippen LogP contribution >= 0.6 is 0 Å². The number of rotatable bonds is 7. The average Bonchev–Trinajstić information content (AvgIpc) is 2.29. The normalized spacial score (nSPS) is 12.4. The lowest BCUT2D eigenvalue weighted by atomic mass is 9.99. The molecule has 0 aliphatic heterocycles. The summed E-state index contributed by atoms with van der Waals surface area (Å²) in [5.41, 5.74) is 2.27. The van der Waals surface area contributed by atoms with Crippen molar-refractivity contribution in [2.45, 2.75) is 46.5 Å². The highest BCUT2D eigenvalue weighted by Gasteiger charge is 2.05. The van der Waals surface area contributed by atoms with Crippen molar-refractivity contribution in [2.24, 2.45) is 5.92 Å². The van der Waals surface area contributed by atoms with Gasteiger partial charge in [-0.3, -0.25) is 4.98 Å². The van der Waals surface area contributed by atoms with Gasteiger partial charge in [0.1, 0.15) is 0 Å². The van der Waals surface area contributed by atoms with Gasteiger partial charge in [-0.2, -0.15) is 0 Å². The Morgan fingerprint density at radius 1 is 1.38 bits per heavy atom. The van der Waals surface area contributed by atoms with E-state index in [1.807, 2.05) is 19.2 Å². The SMILES string of the molecule is CCCCC(CC)CNc1ccnc(C)c1. The maximum absolute atomic E-state index is 4.20. The Morgan fingerprint density at radius 3 is 2.81 bits per heavy atom. The van der Waals surface area contributed by atoms with Gasteiger partial charge in [0, 0.05) is 24.1 Å². The Hall–Kier alpha value is -1.05. The first-order valence-corrected chi connectivity index (χ1v) is 6.42. The minimum absolute atomic E-state index is 0.799. The monoisotopic (exact) mass is 220 g/mol. The van der Waals surface area contributed by atoms with E-state index in [2.05, 4.69) is 30.2 Å². The van der Waals surface area contributed by atoms with Gasteiger partial charge in [-0.05, 0) is 31.4 Å². The summed E-state index contributed by atoms with van der Waals surface area (Å²) >= 11 is 0. The number of unbranched alkanes of at least 4 members (excludes halogenated alkanes) is 1. The summed E-state index contributed by atoms with van der Waals surface area (Å²) < 4.78 is 0. The minimum atomic E-state index is 0.799. The molecule has 0 amide bonds. The van der Waals surface area contributed by atoms with Crippen molar-refractivity contribution in [3.05, 3.63) is 24.0 Å². The van der Waals surface area contributed by atoms with Gasteiger partial charge >= 0.3 is 0 Å². The number of nitrogens with zero attached hydrogens (tertiary/aromatic N) is 1. The third-order valence-electron chi connectivity index (χ3n) is 3.03. The van der Waals surface area contributed by atoms with Crippen molar-refractivity contribution < 1.29 is 0 Å². The van der Waals surface area contributed by atoms with Crippen molar-refractivity contribution in [3.63, 3.8) is 0 Å². The standard InChI is InChI=1S/C14H24N2/c1-4-6-7-13(5-2)11-16-14-8-9-15-12(3)10-14/h8-10,13H,4-7,11H2,1-3H3,(H,15,16). The van der Waals surface area contributed by atoms with Crippen LogP contribution in [0.2, 0.25) is 0 Å². The second kappa shape index (κ2) is 7.26. The molecular formula is C14H24N2. The Kier molecular flexibility index (Phi) is 5.91. The second-order valence-corrected chi connectivity index (χ2v) is 4.48. The Labute approximate surface area is 99.5 Å². The maximum Gasteiger partial charge on any atom is 0.0393 e. The molecule has 0 aliphatic rings. The fourth-order valence-electron chi connectivity index (χ4n) is 1.86. The molecule has 0 fully saturated rings. The van der Waals surface area contributed by atoms with Gasteiger partial charge in [0.25, 0.3) is 0 Å². The van der Waals surface area contributed by atoms with Crippen molar-refractivity contribution in [3.8, 4) is 0 Å². The molecule has 1 N–H and O–H groups in total. The number of pyridine rings is 1. The van der Waals surface area contributed by atoms with Gasteiger partial charge in [-0.15, -0.1) is 0 Å². The molecule has 0 saturated heterocycles. The van der Waals surface area contributed by atoms with Crippen molar-refractivity contribution in [2.75, 3.05) is 11.9 Å². The van der Waals surface area contributed by atoms with E-state index in [-0.39, 0.29) is 0 Å². The van der Waals surface area contributed by atoms with E-state index >= 15 is 0 Å². The zero-order valence-corrected chi connectivity index (χ0v) is 10.8. The summed E-state index contributed by atoms with van der Waals surface area (Å²) in [6.07, 6.45) is 7.10. The third-order valence-corrected chi connectivity index (χ3v) is 3.03. The van der Waals surface area contributed by atoms with E-state index in [1.165, 1.54) is 31.4 Å². The third kappa shape index (κ3) is 4.65. The van der Waals surface area contributed by atoms with E-state index in [1.54, 1.807) is 0 Å². The molecule has 0 bridgehead atoms. The molecule has 0 radical (unpaired) electrons. The molecule has 1 heterocycles. The van der Waals surface area contributed by atoms with Crippen LogP contribution in [0.25, 0.3) is 0 Å².